The second kappa shape index (κ2) is 9.36. The minimum absolute atomic E-state index is 0.0524. The average molecular weight is 453 g/mol. The van der Waals surface area contributed by atoms with E-state index in [9.17, 15) is 20.4 Å². The SMILES string of the molecule is CC1(C)O[C@@H]2[C@@H](O)[C@H](O[C@@H]3CO[C@@H](OCC[Si](C)(C)C)[C@H](O)[C@H]3O)O[C@H](CO)[C@@H]2O1. The molecule has 0 bridgehead atoms. The summed E-state index contributed by atoms with van der Waals surface area (Å²) in [6.45, 7) is 10.1. The summed E-state index contributed by atoms with van der Waals surface area (Å²) in [6.07, 6.45) is -9.10. The van der Waals surface area contributed by atoms with Crippen molar-refractivity contribution in [1.29, 1.82) is 0 Å². The second-order valence-electron chi connectivity index (χ2n) is 9.82. The Morgan fingerprint density at radius 3 is 2.27 bits per heavy atom. The second-order valence-corrected chi connectivity index (χ2v) is 15.4. The first-order valence-electron chi connectivity index (χ1n) is 10.5. The Hall–Kier alpha value is -0.183. The van der Waals surface area contributed by atoms with Crippen molar-refractivity contribution in [2.24, 2.45) is 0 Å². The van der Waals surface area contributed by atoms with Gasteiger partial charge in [0.1, 0.15) is 42.7 Å². The van der Waals surface area contributed by atoms with Crippen molar-refractivity contribution in [2.45, 2.75) is 101 Å². The van der Waals surface area contributed by atoms with Crippen LogP contribution in [0, 0.1) is 0 Å². The third-order valence-electron chi connectivity index (χ3n) is 5.51. The maximum absolute atomic E-state index is 10.7. The predicted octanol–water partition coefficient (Wildman–Crippen LogP) is -0.597. The van der Waals surface area contributed by atoms with Crippen LogP contribution >= 0.6 is 0 Å². The zero-order valence-electron chi connectivity index (χ0n) is 18.3. The Morgan fingerprint density at radius 2 is 1.63 bits per heavy atom. The number of hydrogen-bond donors (Lipinski definition) is 4. The van der Waals surface area contributed by atoms with Crippen molar-refractivity contribution < 1.29 is 48.8 Å². The molecular weight excluding hydrogens is 416 g/mol. The number of fused-ring (bicyclic) bond motifs is 1. The zero-order valence-corrected chi connectivity index (χ0v) is 19.3. The molecule has 0 spiro atoms. The fourth-order valence-electron chi connectivity index (χ4n) is 3.80. The molecule has 3 heterocycles. The lowest BCUT2D eigenvalue weighted by atomic mass is 9.99. The van der Waals surface area contributed by atoms with E-state index in [1.165, 1.54) is 0 Å². The number of rotatable bonds is 7. The Balaban J connectivity index is 1.57. The molecule has 4 N–H and O–H groups in total. The van der Waals surface area contributed by atoms with E-state index in [-0.39, 0.29) is 13.2 Å². The molecule has 11 heteroatoms. The third-order valence-corrected chi connectivity index (χ3v) is 7.22. The molecule has 0 radical (unpaired) electrons. The first-order valence-corrected chi connectivity index (χ1v) is 14.2. The molecule has 3 fully saturated rings. The van der Waals surface area contributed by atoms with Gasteiger partial charge in [0, 0.05) is 14.7 Å². The van der Waals surface area contributed by atoms with Crippen LogP contribution in [0.1, 0.15) is 13.8 Å². The summed E-state index contributed by atoms with van der Waals surface area (Å²) in [4.78, 5) is 0. The third kappa shape index (κ3) is 5.59. The quantitative estimate of drug-likeness (QED) is 0.371. The van der Waals surface area contributed by atoms with Gasteiger partial charge in [0.05, 0.1) is 13.2 Å². The van der Waals surface area contributed by atoms with Crippen molar-refractivity contribution in [2.75, 3.05) is 19.8 Å². The Kier molecular flexibility index (Phi) is 7.63. The lowest BCUT2D eigenvalue weighted by molar-refractivity contribution is -0.334. The summed E-state index contributed by atoms with van der Waals surface area (Å²) < 4.78 is 34.1. The largest absolute Gasteiger partial charge is 0.394 e. The molecule has 0 aromatic carbocycles. The summed E-state index contributed by atoms with van der Waals surface area (Å²) >= 11 is 0. The normalized spacial score (nSPS) is 44.1. The molecule has 0 aromatic rings. The molecule has 176 valence electrons. The maximum Gasteiger partial charge on any atom is 0.187 e. The van der Waals surface area contributed by atoms with E-state index in [2.05, 4.69) is 19.6 Å². The van der Waals surface area contributed by atoms with Crippen LogP contribution < -0.4 is 0 Å². The van der Waals surface area contributed by atoms with Crippen LogP contribution in [0.2, 0.25) is 25.7 Å². The van der Waals surface area contributed by atoms with Crippen molar-refractivity contribution >= 4 is 8.07 Å². The molecule has 10 nitrogen and oxygen atoms in total. The lowest BCUT2D eigenvalue weighted by Gasteiger charge is -2.43. The van der Waals surface area contributed by atoms with Crippen molar-refractivity contribution in [3.8, 4) is 0 Å². The molecule has 0 saturated carbocycles. The molecule has 3 rings (SSSR count). The van der Waals surface area contributed by atoms with Gasteiger partial charge in [-0.1, -0.05) is 19.6 Å². The van der Waals surface area contributed by atoms with Crippen LogP contribution in [0.25, 0.3) is 0 Å². The van der Waals surface area contributed by atoms with Gasteiger partial charge in [-0.15, -0.1) is 0 Å². The van der Waals surface area contributed by atoms with Gasteiger partial charge in [-0.25, -0.2) is 0 Å². The van der Waals surface area contributed by atoms with Gasteiger partial charge in [0.2, 0.25) is 0 Å². The summed E-state index contributed by atoms with van der Waals surface area (Å²) in [6, 6.07) is 0.904. The highest BCUT2D eigenvalue weighted by Gasteiger charge is 2.56. The Bertz CT molecular complexity index is 570. The van der Waals surface area contributed by atoms with Crippen LogP contribution in [0.5, 0.6) is 0 Å². The molecule has 3 saturated heterocycles. The van der Waals surface area contributed by atoms with Crippen LogP contribution in [0.3, 0.4) is 0 Å². The predicted molar refractivity (Wildman–Crippen MR) is 106 cm³/mol. The zero-order chi connectivity index (χ0) is 22.3. The van der Waals surface area contributed by atoms with Crippen molar-refractivity contribution in [3.05, 3.63) is 0 Å². The van der Waals surface area contributed by atoms with E-state index in [1.54, 1.807) is 13.8 Å². The van der Waals surface area contributed by atoms with Gasteiger partial charge in [-0.05, 0) is 19.9 Å². The maximum atomic E-state index is 10.7. The summed E-state index contributed by atoms with van der Waals surface area (Å²) in [5, 5.41) is 41.2. The van der Waals surface area contributed by atoms with Crippen molar-refractivity contribution in [3.63, 3.8) is 0 Å². The lowest BCUT2D eigenvalue weighted by Crippen LogP contribution is -2.61. The molecule has 0 unspecified atom stereocenters. The number of aliphatic hydroxyl groups excluding tert-OH is 4. The van der Waals surface area contributed by atoms with E-state index in [4.69, 9.17) is 28.4 Å². The fourth-order valence-corrected chi connectivity index (χ4v) is 4.53. The molecule has 9 atom stereocenters. The standard InChI is InChI=1S/C19H36O10Si/c1-19(2)28-15-10(8-20)26-18(14(23)16(15)29-19)27-11-9-25-17(13(22)12(11)21)24-6-7-30(3,4)5/h10-18,20-23H,6-9H2,1-5H3/t10-,11-,12+,13-,14-,15+,16-,17-,18+/m1/s1. The fraction of sp³-hybridized carbons (Fsp3) is 1.00. The van der Waals surface area contributed by atoms with E-state index in [0.29, 0.717) is 6.61 Å². The van der Waals surface area contributed by atoms with Gasteiger partial charge in [0.15, 0.2) is 18.4 Å². The Labute approximate surface area is 178 Å². The number of ether oxygens (including phenoxy) is 6. The molecule has 3 aliphatic heterocycles. The highest BCUT2D eigenvalue weighted by Crippen LogP contribution is 2.38. The van der Waals surface area contributed by atoms with Crippen LogP contribution in [-0.4, -0.2) is 109 Å². The molecule has 0 amide bonds. The topological polar surface area (TPSA) is 136 Å². The van der Waals surface area contributed by atoms with Gasteiger partial charge in [-0.2, -0.15) is 0 Å². The van der Waals surface area contributed by atoms with Crippen LogP contribution in [-0.2, 0) is 28.4 Å². The minimum Gasteiger partial charge on any atom is -0.394 e. The van der Waals surface area contributed by atoms with E-state index in [0.717, 1.165) is 6.04 Å². The first-order chi connectivity index (χ1) is 13.9. The van der Waals surface area contributed by atoms with Crippen LogP contribution in [0.15, 0.2) is 0 Å². The molecule has 0 aliphatic carbocycles. The van der Waals surface area contributed by atoms with Gasteiger partial charge >= 0.3 is 0 Å². The minimum atomic E-state index is -1.31. The van der Waals surface area contributed by atoms with Crippen LogP contribution in [0.4, 0.5) is 0 Å². The highest BCUT2D eigenvalue weighted by molar-refractivity contribution is 6.76. The smallest absolute Gasteiger partial charge is 0.187 e. The van der Waals surface area contributed by atoms with E-state index >= 15 is 0 Å². The van der Waals surface area contributed by atoms with Gasteiger partial charge in [0.25, 0.3) is 0 Å². The van der Waals surface area contributed by atoms with E-state index in [1.807, 2.05) is 0 Å². The summed E-state index contributed by atoms with van der Waals surface area (Å²) in [5.41, 5.74) is 0. The molecule has 30 heavy (non-hydrogen) atoms. The molecule has 3 aliphatic rings. The molecule has 0 aromatic heterocycles. The average Bonchev–Trinajstić information content (AvgIpc) is 2.98. The highest BCUT2D eigenvalue weighted by atomic mass is 28.3. The summed E-state index contributed by atoms with van der Waals surface area (Å²) in [5.74, 6) is -0.938. The Morgan fingerprint density at radius 1 is 0.967 bits per heavy atom. The first kappa shape index (κ1) is 24.5. The van der Waals surface area contributed by atoms with Crippen molar-refractivity contribution in [1.82, 2.24) is 0 Å². The van der Waals surface area contributed by atoms with Gasteiger partial charge < -0.3 is 48.8 Å². The van der Waals surface area contributed by atoms with E-state index < -0.39 is 69.2 Å². The number of hydrogen-bond acceptors (Lipinski definition) is 10. The summed E-state index contributed by atoms with van der Waals surface area (Å²) in [7, 11) is -1.30. The number of aliphatic hydroxyl groups is 4. The monoisotopic (exact) mass is 452 g/mol. The molecular formula is C19H36O10Si. The van der Waals surface area contributed by atoms with Gasteiger partial charge in [-0.3, -0.25) is 0 Å².